The zero-order valence-corrected chi connectivity index (χ0v) is 11.6. The molecule has 0 saturated heterocycles. The Morgan fingerprint density at radius 3 is 2.62 bits per heavy atom. The van der Waals surface area contributed by atoms with E-state index in [9.17, 15) is 4.79 Å². The average Bonchev–Trinajstić information content (AvgIpc) is 2.30. The van der Waals surface area contributed by atoms with Gasteiger partial charge < -0.3 is 11.1 Å². The lowest BCUT2D eigenvalue weighted by Crippen LogP contribution is -2.33. The van der Waals surface area contributed by atoms with Gasteiger partial charge in [-0.1, -0.05) is 26.7 Å². The van der Waals surface area contributed by atoms with Crippen LogP contribution in [0.3, 0.4) is 0 Å². The Hall–Kier alpha value is -0.220. The lowest BCUT2D eigenvalue weighted by molar-refractivity contribution is -0.120. The second-order valence-corrected chi connectivity index (χ2v) is 5.52. The zero-order valence-electron chi connectivity index (χ0n) is 10.8. The van der Waals surface area contributed by atoms with Crippen molar-refractivity contribution >= 4 is 17.7 Å². The molecule has 1 amide bonds. The Morgan fingerprint density at radius 1 is 1.38 bits per heavy atom. The minimum Gasteiger partial charge on any atom is -0.355 e. The first-order chi connectivity index (χ1) is 7.61. The fourth-order valence-electron chi connectivity index (χ4n) is 1.19. The van der Waals surface area contributed by atoms with Gasteiger partial charge in [-0.05, 0) is 19.8 Å². The Morgan fingerprint density at radius 2 is 2.06 bits per heavy atom. The van der Waals surface area contributed by atoms with Gasteiger partial charge in [0, 0.05) is 18.3 Å². The molecule has 0 fully saturated rings. The molecule has 0 saturated carbocycles. The fraction of sp³-hybridized carbons (Fsp3) is 0.917. The number of carbonyl (C=O) groups is 1. The van der Waals surface area contributed by atoms with E-state index in [2.05, 4.69) is 19.2 Å². The van der Waals surface area contributed by atoms with Gasteiger partial charge in [-0.15, -0.1) is 11.8 Å². The van der Waals surface area contributed by atoms with Crippen LogP contribution in [0.4, 0.5) is 0 Å². The van der Waals surface area contributed by atoms with Crippen molar-refractivity contribution in [2.45, 2.75) is 57.7 Å². The van der Waals surface area contributed by atoms with Crippen molar-refractivity contribution in [2.24, 2.45) is 5.73 Å². The zero-order chi connectivity index (χ0) is 12.4. The average molecular weight is 246 g/mol. The van der Waals surface area contributed by atoms with Crippen LogP contribution in [0, 0.1) is 0 Å². The number of carbonyl (C=O) groups excluding carboxylic acids is 1. The molecule has 2 atom stereocenters. The molecule has 4 heteroatoms. The van der Waals surface area contributed by atoms with Gasteiger partial charge in [0.2, 0.25) is 5.91 Å². The van der Waals surface area contributed by atoms with Gasteiger partial charge >= 0.3 is 0 Å². The molecular formula is C12H26N2OS. The Kier molecular flexibility index (Phi) is 9.83. The Bertz CT molecular complexity index is 188. The molecule has 0 aromatic heterocycles. The summed E-state index contributed by atoms with van der Waals surface area (Å²) in [7, 11) is 0. The number of rotatable bonds is 9. The first-order valence-corrected chi connectivity index (χ1v) is 7.31. The number of nitrogens with one attached hydrogen (secondary N) is 1. The summed E-state index contributed by atoms with van der Waals surface area (Å²) in [6, 6.07) is 0.209. The monoisotopic (exact) mass is 246 g/mol. The van der Waals surface area contributed by atoms with Crippen molar-refractivity contribution in [3.05, 3.63) is 0 Å². The van der Waals surface area contributed by atoms with Crippen LogP contribution in [0.1, 0.15) is 46.5 Å². The van der Waals surface area contributed by atoms with Crippen molar-refractivity contribution < 1.29 is 4.79 Å². The molecule has 16 heavy (non-hydrogen) atoms. The van der Waals surface area contributed by atoms with Crippen LogP contribution in [0.2, 0.25) is 0 Å². The highest BCUT2D eigenvalue weighted by Gasteiger charge is 2.13. The van der Waals surface area contributed by atoms with Crippen LogP contribution in [0.15, 0.2) is 0 Å². The first-order valence-electron chi connectivity index (χ1n) is 6.26. The molecule has 0 spiro atoms. The molecule has 0 aromatic carbocycles. The highest BCUT2D eigenvalue weighted by atomic mass is 32.2. The molecule has 3 N–H and O–H groups in total. The van der Waals surface area contributed by atoms with Crippen molar-refractivity contribution in [1.29, 1.82) is 0 Å². The van der Waals surface area contributed by atoms with E-state index in [1.807, 2.05) is 6.92 Å². The molecule has 0 heterocycles. The minimum atomic E-state index is 0.0132. The van der Waals surface area contributed by atoms with E-state index < -0.39 is 0 Å². The second kappa shape index (κ2) is 9.97. The van der Waals surface area contributed by atoms with E-state index in [1.165, 1.54) is 12.8 Å². The molecule has 0 aliphatic rings. The molecule has 0 aromatic rings. The summed E-state index contributed by atoms with van der Waals surface area (Å²) < 4.78 is 0. The van der Waals surface area contributed by atoms with Gasteiger partial charge in [-0.25, -0.2) is 0 Å². The molecule has 0 bridgehead atoms. The standard InChI is InChI=1S/C12H26N2OS/c1-4-6-7-8-14-12(15)10(3)16-9-11(13)5-2/h10-11H,4-9,13H2,1-3H3,(H,14,15). The van der Waals surface area contributed by atoms with E-state index in [1.54, 1.807) is 11.8 Å². The summed E-state index contributed by atoms with van der Waals surface area (Å²) in [6.45, 7) is 6.98. The van der Waals surface area contributed by atoms with Crippen molar-refractivity contribution in [3.63, 3.8) is 0 Å². The number of amides is 1. The quantitative estimate of drug-likeness (QED) is 0.613. The summed E-state index contributed by atoms with van der Waals surface area (Å²) >= 11 is 1.64. The molecular weight excluding hydrogens is 220 g/mol. The molecule has 3 nitrogen and oxygen atoms in total. The summed E-state index contributed by atoms with van der Waals surface area (Å²) in [5.74, 6) is 1.00. The Balaban J connectivity index is 3.57. The van der Waals surface area contributed by atoms with Crippen LogP contribution >= 0.6 is 11.8 Å². The number of hydrogen-bond donors (Lipinski definition) is 2. The second-order valence-electron chi connectivity index (χ2n) is 4.14. The van der Waals surface area contributed by atoms with Crippen LogP contribution in [-0.4, -0.2) is 29.5 Å². The van der Waals surface area contributed by atoms with E-state index in [0.717, 1.165) is 25.1 Å². The maximum Gasteiger partial charge on any atom is 0.232 e. The maximum atomic E-state index is 11.6. The number of nitrogens with two attached hydrogens (primary N) is 1. The van der Waals surface area contributed by atoms with Crippen LogP contribution in [0.5, 0.6) is 0 Å². The van der Waals surface area contributed by atoms with Gasteiger partial charge in [-0.3, -0.25) is 4.79 Å². The molecule has 2 unspecified atom stereocenters. The van der Waals surface area contributed by atoms with Crippen molar-refractivity contribution in [3.8, 4) is 0 Å². The van der Waals surface area contributed by atoms with Gasteiger partial charge in [-0.2, -0.15) is 0 Å². The Labute approximate surface area is 104 Å². The van der Waals surface area contributed by atoms with Crippen LogP contribution < -0.4 is 11.1 Å². The topological polar surface area (TPSA) is 55.1 Å². The van der Waals surface area contributed by atoms with Crippen LogP contribution in [-0.2, 0) is 4.79 Å². The van der Waals surface area contributed by atoms with E-state index in [4.69, 9.17) is 5.73 Å². The summed E-state index contributed by atoms with van der Waals surface area (Å²) in [5, 5.41) is 2.97. The van der Waals surface area contributed by atoms with Gasteiger partial charge in [0.15, 0.2) is 0 Å². The third-order valence-electron chi connectivity index (χ3n) is 2.53. The van der Waals surface area contributed by atoms with E-state index >= 15 is 0 Å². The lowest BCUT2D eigenvalue weighted by Gasteiger charge is -2.14. The predicted octanol–water partition coefficient (Wildman–Crippen LogP) is 2.15. The molecule has 96 valence electrons. The first kappa shape index (κ1) is 15.8. The molecule has 0 rings (SSSR count). The predicted molar refractivity (Wildman–Crippen MR) is 72.7 cm³/mol. The lowest BCUT2D eigenvalue weighted by atomic mass is 10.2. The van der Waals surface area contributed by atoms with Gasteiger partial charge in [0.05, 0.1) is 5.25 Å². The van der Waals surface area contributed by atoms with E-state index in [-0.39, 0.29) is 17.2 Å². The van der Waals surface area contributed by atoms with Gasteiger partial charge in [0.25, 0.3) is 0 Å². The van der Waals surface area contributed by atoms with Crippen molar-refractivity contribution in [2.75, 3.05) is 12.3 Å². The van der Waals surface area contributed by atoms with Crippen molar-refractivity contribution in [1.82, 2.24) is 5.32 Å². The van der Waals surface area contributed by atoms with Crippen LogP contribution in [0.25, 0.3) is 0 Å². The van der Waals surface area contributed by atoms with E-state index in [0.29, 0.717) is 0 Å². The molecule has 0 aliphatic carbocycles. The third-order valence-corrected chi connectivity index (χ3v) is 3.87. The minimum absolute atomic E-state index is 0.0132. The summed E-state index contributed by atoms with van der Waals surface area (Å²) in [5.41, 5.74) is 5.81. The number of thioether (sulfide) groups is 1. The SMILES string of the molecule is CCCCCNC(=O)C(C)SCC(N)CC. The summed E-state index contributed by atoms with van der Waals surface area (Å²) in [4.78, 5) is 11.6. The third kappa shape index (κ3) is 7.99. The maximum absolute atomic E-state index is 11.6. The van der Waals surface area contributed by atoms with Gasteiger partial charge in [0.1, 0.15) is 0 Å². The largest absolute Gasteiger partial charge is 0.355 e. The highest BCUT2D eigenvalue weighted by molar-refractivity contribution is 8.00. The number of unbranched alkanes of at least 4 members (excludes halogenated alkanes) is 2. The number of hydrogen-bond acceptors (Lipinski definition) is 3. The molecule has 0 aliphatic heterocycles. The fourth-order valence-corrected chi connectivity index (χ4v) is 2.20. The summed E-state index contributed by atoms with van der Waals surface area (Å²) in [6.07, 6.45) is 4.42. The molecule has 0 radical (unpaired) electrons. The normalized spacial score (nSPS) is 14.5. The highest BCUT2D eigenvalue weighted by Crippen LogP contribution is 2.12. The smallest absolute Gasteiger partial charge is 0.232 e.